The number of nitrogens with one attached hydrogen (secondary N) is 2. The minimum atomic E-state index is -3.76. The number of urea groups is 1. The Morgan fingerprint density at radius 3 is 2.29 bits per heavy atom. The van der Waals surface area contributed by atoms with Gasteiger partial charge in [-0.1, -0.05) is 0 Å². The second kappa shape index (κ2) is 8.89. The molecular formula is C18H29N5O4S. The Morgan fingerprint density at radius 1 is 1.07 bits per heavy atom. The third-order valence-electron chi connectivity index (χ3n) is 4.19. The summed E-state index contributed by atoms with van der Waals surface area (Å²) in [7, 11) is -3.76. The van der Waals surface area contributed by atoms with Crippen LogP contribution in [0.5, 0.6) is 0 Å². The van der Waals surface area contributed by atoms with E-state index in [0.717, 1.165) is 13.0 Å². The van der Waals surface area contributed by atoms with Crippen LogP contribution < -0.4 is 15.8 Å². The fourth-order valence-electron chi connectivity index (χ4n) is 2.92. The lowest BCUT2D eigenvalue weighted by atomic mass is 10.1. The number of hydrogen-bond acceptors (Lipinski definition) is 5. The largest absolute Gasteiger partial charge is 0.350 e. The molecule has 1 aromatic rings. The van der Waals surface area contributed by atoms with Crippen LogP contribution in [0.15, 0.2) is 29.2 Å². The summed E-state index contributed by atoms with van der Waals surface area (Å²) in [5.41, 5.74) is 0.219. The van der Waals surface area contributed by atoms with Crippen molar-refractivity contribution < 1.29 is 18.0 Å². The van der Waals surface area contributed by atoms with Crippen LogP contribution >= 0.6 is 0 Å². The molecule has 0 aromatic heterocycles. The molecule has 1 aliphatic heterocycles. The highest BCUT2D eigenvalue weighted by molar-refractivity contribution is 7.89. The quantitative estimate of drug-likeness (QED) is 0.675. The van der Waals surface area contributed by atoms with Gasteiger partial charge in [0.05, 0.1) is 11.4 Å². The summed E-state index contributed by atoms with van der Waals surface area (Å²) in [4.78, 5) is 28.3. The molecule has 3 amide bonds. The highest BCUT2D eigenvalue weighted by atomic mass is 32.2. The number of sulfonamides is 1. The van der Waals surface area contributed by atoms with Gasteiger partial charge in [-0.25, -0.2) is 18.4 Å². The number of hydrogen-bond donors (Lipinski definition) is 3. The Labute approximate surface area is 166 Å². The molecular weight excluding hydrogens is 382 g/mol. The van der Waals surface area contributed by atoms with Crippen LogP contribution in [0.1, 0.15) is 27.2 Å². The van der Waals surface area contributed by atoms with Gasteiger partial charge in [-0.2, -0.15) is 0 Å². The predicted molar refractivity (Wildman–Crippen MR) is 107 cm³/mol. The van der Waals surface area contributed by atoms with Gasteiger partial charge in [-0.3, -0.25) is 9.69 Å². The zero-order chi connectivity index (χ0) is 20.9. The average molecular weight is 412 g/mol. The molecule has 0 bridgehead atoms. The van der Waals surface area contributed by atoms with Gasteiger partial charge in [-0.05, 0) is 51.5 Å². The van der Waals surface area contributed by atoms with Gasteiger partial charge in [0.25, 0.3) is 0 Å². The topological polar surface area (TPSA) is 125 Å². The first-order chi connectivity index (χ1) is 12.9. The third kappa shape index (κ3) is 7.10. The lowest BCUT2D eigenvalue weighted by Crippen LogP contribution is -2.46. The molecule has 0 aliphatic carbocycles. The lowest BCUT2D eigenvalue weighted by Gasteiger charge is -2.25. The summed E-state index contributed by atoms with van der Waals surface area (Å²) < 4.78 is 22.6. The van der Waals surface area contributed by atoms with Crippen molar-refractivity contribution in [3.05, 3.63) is 24.3 Å². The third-order valence-corrected chi connectivity index (χ3v) is 5.12. The SMILES string of the molecule is CC(C)(C)NC(=O)CN1CCCN(C(=O)Nc2ccc(S(N)(=O)=O)cc2)CC1. The van der Waals surface area contributed by atoms with Gasteiger partial charge in [-0.15, -0.1) is 0 Å². The monoisotopic (exact) mass is 411 g/mol. The zero-order valence-electron chi connectivity index (χ0n) is 16.6. The average Bonchev–Trinajstić information content (AvgIpc) is 2.78. The number of amides is 3. The first-order valence-corrected chi connectivity index (χ1v) is 10.7. The van der Waals surface area contributed by atoms with E-state index >= 15 is 0 Å². The minimum absolute atomic E-state index is 0.00977. The summed E-state index contributed by atoms with van der Waals surface area (Å²) in [6.45, 7) is 8.56. The van der Waals surface area contributed by atoms with E-state index in [2.05, 4.69) is 10.6 Å². The van der Waals surface area contributed by atoms with E-state index in [-0.39, 0.29) is 22.4 Å². The molecule has 1 heterocycles. The number of primary sulfonamides is 1. The van der Waals surface area contributed by atoms with Crippen molar-refractivity contribution in [1.82, 2.24) is 15.1 Å². The molecule has 10 heteroatoms. The maximum Gasteiger partial charge on any atom is 0.321 e. The van der Waals surface area contributed by atoms with E-state index in [1.54, 1.807) is 4.90 Å². The highest BCUT2D eigenvalue weighted by Crippen LogP contribution is 2.14. The molecule has 1 saturated heterocycles. The van der Waals surface area contributed by atoms with Crippen molar-refractivity contribution in [2.75, 3.05) is 38.0 Å². The van der Waals surface area contributed by atoms with E-state index in [1.165, 1.54) is 24.3 Å². The Hall–Kier alpha value is -2.17. The smallest absolute Gasteiger partial charge is 0.321 e. The van der Waals surface area contributed by atoms with E-state index in [1.807, 2.05) is 25.7 Å². The van der Waals surface area contributed by atoms with Gasteiger partial charge in [0.2, 0.25) is 15.9 Å². The fraction of sp³-hybridized carbons (Fsp3) is 0.556. The summed E-state index contributed by atoms with van der Waals surface area (Å²) in [5, 5.41) is 10.8. The number of benzene rings is 1. The van der Waals surface area contributed by atoms with Crippen LogP contribution in [0.25, 0.3) is 0 Å². The molecule has 0 unspecified atom stereocenters. The Kier molecular flexibility index (Phi) is 7.02. The normalized spacial score (nSPS) is 16.4. The number of carbonyl (C=O) groups excluding carboxylic acids is 2. The molecule has 1 fully saturated rings. The predicted octanol–water partition coefficient (Wildman–Crippen LogP) is 0.788. The highest BCUT2D eigenvalue weighted by Gasteiger charge is 2.22. The molecule has 156 valence electrons. The van der Waals surface area contributed by atoms with Crippen molar-refractivity contribution in [3.8, 4) is 0 Å². The molecule has 0 spiro atoms. The molecule has 4 N–H and O–H groups in total. The Balaban J connectivity index is 1.87. The van der Waals surface area contributed by atoms with Crippen LogP contribution in [-0.2, 0) is 14.8 Å². The van der Waals surface area contributed by atoms with E-state index < -0.39 is 10.0 Å². The van der Waals surface area contributed by atoms with Gasteiger partial charge in [0.1, 0.15) is 0 Å². The second-order valence-corrected chi connectivity index (χ2v) is 9.48. The van der Waals surface area contributed by atoms with E-state index in [0.29, 0.717) is 31.9 Å². The van der Waals surface area contributed by atoms with Crippen LogP contribution in [0.3, 0.4) is 0 Å². The van der Waals surface area contributed by atoms with Gasteiger partial charge < -0.3 is 15.5 Å². The maximum absolute atomic E-state index is 12.5. The lowest BCUT2D eigenvalue weighted by molar-refractivity contribution is -0.123. The van der Waals surface area contributed by atoms with Crippen LogP contribution in [0.2, 0.25) is 0 Å². The van der Waals surface area contributed by atoms with E-state index in [4.69, 9.17) is 5.14 Å². The first kappa shape index (κ1) is 22.1. The van der Waals surface area contributed by atoms with Gasteiger partial charge in [0.15, 0.2) is 0 Å². The summed E-state index contributed by atoms with van der Waals surface area (Å²) in [6, 6.07) is 5.44. The van der Waals surface area contributed by atoms with Gasteiger partial charge in [0, 0.05) is 37.4 Å². The number of carbonyl (C=O) groups is 2. The van der Waals surface area contributed by atoms with Crippen LogP contribution in [0.4, 0.5) is 10.5 Å². The molecule has 2 rings (SSSR count). The molecule has 1 aromatic carbocycles. The van der Waals surface area contributed by atoms with Crippen molar-refractivity contribution in [1.29, 1.82) is 0 Å². The number of anilines is 1. The number of nitrogens with two attached hydrogens (primary N) is 1. The van der Waals surface area contributed by atoms with Crippen molar-refractivity contribution in [2.24, 2.45) is 5.14 Å². The second-order valence-electron chi connectivity index (χ2n) is 7.91. The molecule has 9 nitrogen and oxygen atoms in total. The van der Waals surface area contributed by atoms with Crippen molar-refractivity contribution in [3.63, 3.8) is 0 Å². The zero-order valence-corrected chi connectivity index (χ0v) is 17.4. The Morgan fingerprint density at radius 2 is 1.71 bits per heavy atom. The molecule has 0 saturated carbocycles. The number of nitrogens with zero attached hydrogens (tertiary/aromatic N) is 2. The standard InChI is InChI=1S/C18H29N5O4S/c1-18(2,3)21-16(24)13-22-9-4-10-23(12-11-22)17(25)20-14-5-7-15(8-6-14)28(19,26)27/h5-8H,4,9-13H2,1-3H3,(H,20,25)(H,21,24)(H2,19,26,27). The summed E-state index contributed by atoms with van der Waals surface area (Å²) in [5.74, 6) is -0.0275. The maximum atomic E-state index is 12.5. The van der Waals surface area contributed by atoms with Gasteiger partial charge >= 0.3 is 6.03 Å². The molecule has 0 radical (unpaired) electrons. The van der Waals surface area contributed by atoms with Crippen molar-refractivity contribution >= 4 is 27.6 Å². The van der Waals surface area contributed by atoms with E-state index in [9.17, 15) is 18.0 Å². The molecule has 28 heavy (non-hydrogen) atoms. The fourth-order valence-corrected chi connectivity index (χ4v) is 3.44. The molecule has 0 atom stereocenters. The molecule has 1 aliphatic rings. The Bertz CT molecular complexity index is 802. The van der Waals surface area contributed by atoms with Crippen molar-refractivity contribution in [2.45, 2.75) is 37.6 Å². The summed E-state index contributed by atoms with van der Waals surface area (Å²) in [6.07, 6.45) is 0.764. The van der Waals surface area contributed by atoms with Crippen LogP contribution in [-0.4, -0.2) is 68.4 Å². The summed E-state index contributed by atoms with van der Waals surface area (Å²) >= 11 is 0. The van der Waals surface area contributed by atoms with Crippen LogP contribution in [0, 0.1) is 0 Å². The number of rotatable bonds is 4. The first-order valence-electron chi connectivity index (χ1n) is 9.16. The minimum Gasteiger partial charge on any atom is -0.350 e.